The van der Waals surface area contributed by atoms with Gasteiger partial charge in [-0.2, -0.15) is 0 Å². The topological polar surface area (TPSA) is 70.7 Å². The average molecular weight is 313 g/mol. The van der Waals surface area contributed by atoms with Crippen LogP contribution >= 0.6 is 15.9 Å². The van der Waals surface area contributed by atoms with Crippen LogP contribution in [0, 0.1) is 12.7 Å². The minimum absolute atomic E-state index is 0.0444. The van der Waals surface area contributed by atoms with E-state index >= 15 is 0 Å². The molecule has 1 aromatic heterocycles. The second-order valence-electron chi connectivity index (χ2n) is 3.66. The number of aromatic amines is 1. The monoisotopic (exact) mass is 312 g/mol. The second-order valence-corrected chi connectivity index (χ2v) is 4.58. The number of aryl methyl sites for hydroxylation is 1. The van der Waals surface area contributed by atoms with Crippen molar-refractivity contribution in [2.75, 3.05) is 0 Å². The first-order chi connectivity index (χ1) is 8.56. The van der Waals surface area contributed by atoms with Crippen molar-refractivity contribution in [2.45, 2.75) is 13.5 Å². The molecule has 0 atom stereocenters. The number of nitrogens with one attached hydrogen (secondary N) is 2. The zero-order valence-corrected chi connectivity index (χ0v) is 11.1. The van der Waals surface area contributed by atoms with Crippen molar-refractivity contribution in [3.63, 3.8) is 0 Å². The van der Waals surface area contributed by atoms with Crippen LogP contribution in [-0.4, -0.2) is 21.1 Å². The van der Waals surface area contributed by atoms with Crippen LogP contribution in [-0.2, 0) is 6.54 Å². The lowest BCUT2D eigenvalue weighted by Gasteiger charge is -2.04. The molecule has 0 bridgehead atoms. The maximum absolute atomic E-state index is 13.4. The third kappa shape index (κ3) is 2.92. The molecule has 2 rings (SSSR count). The van der Waals surface area contributed by atoms with E-state index in [0.29, 0.717) is 11.4 Å². The van der Waals surface area contributed by atoms with Gasteiger partial charge in [0.1, 0.15) is 11.6 Å². The van der Waals surface area contributed by atoms with E-state index < -0.39 is 5.91 Å². The quantitative estimate of drug-likeness (QED) is 0.910. The molecular weight excluding hydrogens is 303 g/mol. The number of carbonyl (C=O) groups is 1. The van der Waals surface area contributed by atoms with E-state index in [9.17, 15) is 9.18 Å². The van der Waals surface area contributed by atoms with Crippen molar-refractivity contribution in [2.24, 2.45) is 0 Å². The molecule has 1 aromatic carbocycles. The van der Waals surface area contributed by atoms with Gasteiger partial charge in [0.15, 0.2) is 0 Å². The van der Waals surface area contributed by atoms with Gasteiger partial charge in [0.2, 0.25) is 5.82 Å². The molecule has 0 radical (unpaired) electrons. The Bertz CT molecular complexity index is 584. The molecule has 5 nitrogen and oxygen atoms in total. The van der Waals surface area contributed by atoms with E-state index in [1.807, 2.05) is 0 Å². The van der Waals surface area contributed by atoms with Crippen LogP contribution in [0.4, 0.5) is 4.39 Å². The Balaban J connectivity index is 2.03. The largest absolute Gasteiger partial charge is 0.345 e. The van der Waals surface area contributed by atoms with Gasteiger partial charge in [-0.05, 0) is 25.1 Å². The van der Waals surface area contributed by atoms with E-state index in [0.717, 1.165) is 4.47 Å². The fraction of sp³-hybridized carbons (Fsp3) is 0.182. The second kappa shape index (κ2) is 5.26. The van der Waals surface area contributed by atoms with Gasteiger partial charge in [0.25, 0.3) is 5.91 Å². The van der Waals surface area contributed by atoms with Crippen molar-refractivity contribution < 1.29 is 9.18 Å². The SMILES string of the molecule is Cc1nc(C(=O)NCc2cc(Br)ccc2F)n[nH]1. The standard InChI is InChI=1S/C11H10BrFN4O/c1-6-15-10(17-16-6)11(18)14-5-7-4-8(12)2-3-9(7)13/h2-4H,5H2,1H3,(H,14,18)(H,15,16,17). The molecule has 18 heavy (non-hydrogen) atoms. The Morgan fingerprint density at radius 1 is 1.56 bits per heavy atom. The van der Waals surface area contributed by atoms with Crippen molar-refractivity contribution in [3.05, 3.63) is 45.7 Å². The summed E-state index contributed by atoms with van der Waals surface area (Å²) in [6.45, 7) is 1.77. The normalized spacial score (nSPS) is 10.4. The molecule has 94 valence electrons. The number of halogens is 2. The summed E-state index contributed by atoms with van der Waals surface area (Å²) in [6, 6.07) is 4.54. The van der Waals surface area contributed by atoms with Gasteiger partial charge in [0, 0.05) is 16.6 Å². The van der Waals surface area contributed by atoms with E-state index in [1.165, 1.54) is 6.07 Å². The number of amides is 1. The van der Waals surface area contributed by atoms with E-state index in [2.05, 4.69) is 36.4 Å². The maximum Gasteiger partial charge on any atom is 0.291 e. The van der Waals surface area contributed by atoms with Crippen molar-refractivity contribution in [3.8, 4) is 0 Å². The first-order valence-corrected chi connectivity index (χ1v) is 5.96. The first kappa shape index (κ1) is 12.7. The van der Waals surface area contributed by atoms with Crippen LogP contribution in [0.1, 0.15) is 22.0 Å². The smallest absolute Gasteiger partial charge is 0.291 e. The third-order valence-electron chi connectivity index (χ3n) is 2.25. The summed E-state index contributed by atoms with van der Waals surface area (Å²) in [5, 5.41) is 8.83. The Labute approximate surface area is 111 Å². The molecule has 7 heteroatoms. The Hall–Kier alpha value is -1.76. The summed E-state index contributed by atoms with van der Waals surface area (Å²) in [6.07, 6.45) is 0. The number of aromatic nitrogens is 3. The average Bonchev–Trinajstić information content (AvgIpc) is 2.77. The Morgan fingerprint density at radius 2 is 2.33 bits per heavy atom. The number of rotatable bonds is 3. The lowest BCUT2D eigenvalue weighted by molar-refractivity contribution is 0.0940. The van der Waals surface area contributed by atoms with E-state index in [1.54, 1.807) is 19.1 Å². The number of hydrogen-bond donors (Lipinski definition) is 2. The van der Waals surface area contributed by atoms with Crippen LogP contribution in [0.3, 0.4) is 0 Å². The predicted octanol–water partition coefficient (Wildman–Crippen LogP) is 1.94. The molecule has 0 fully saturated rings. The fourth-order valence-electron chi connectivity index (χ4n) is 1.38. The van der Waals surface area contributed by atoms with Gasteiger partial charge < -0.3 is 5.32 Å². The molecule has 0 unspecified atom stereocenters. The molecule has 0 saturated heterocycles. The number of carbonyl (C=O) groups excluding carboxylic acids is 1. The van der Waals surface area contributed by atoms with Gasteiger partial charge in [0.05, 0.1) is 0 Å². The molecule has 1 heterocycles. The number of nitrogens with zero attached hydrogens (tertiary/aromatic N) is 2. The molecule has 2 N–H and O–H groups in total. The summed E-state index contributed by atoms with van der Waals surface area (Å²) in [5.41, 5.74) is 0.394. The van der Waals surface area contributed by atoms with Gasteiger partial charge in [-0.25, -0.2) is 9.37 Å². The minimum Gasteiger partial charge on any atom is -0.345 e. The van der Waals surface area contributed by atoms with E-state index in [4.69, 9.17) is 0 Å². The van der Waals surface area contributed by atoms with Crippen molar-refractivity contribution >= 4 is 21.8 Å². The lowest BCUT2D eigenvalue weighted by Crippen LogP contribution is -2.24. The number of benzene rings is 1. The lowest BCUT2D eigenvalue weighted by atomic mass is 10.2. The zero-order valence-electron chi connectivity index (χ0n) is 9.50. The van der Waals surface area contributed by atoms with Crippen molar-refractivity contribution in [1.82, 2.24) is 20.5 Å². The summed E-state index contributed by atoms with van der Waals surface area (Å²) >= 11 is 3.24. The summed E-state index contributed by atoms with van der Waals surface area (Å²) in [4.78, 5) is 15.5. The highest BCUT2D eigenvalue weighted by atomic mass is 79.9. The van der Waals surface area contributed by atoms with Gasteiger partial charge >= 0.3 is 0 Å². The zero-order chi connectivity index (χ0) is 13.1. The predicted molar refractivity (Wildman–Crippen MR) is 66.4 cm³/mol. The third-order valence-corrected chi connectivity index (χ3v) is 2.74. The molecule has 0 aliphatic heterocycles. The molecule has 0 aliphatic rings. The van der Waals surface area contributed by atoms with E-state index in [-0.39, 0.29) is 18.2 Å². The van der Waals surface area contributed by atoms with Crippen LogP contribution in [0.2, 0.25) is 0 Å². The van der Waals surface area contributed by atoms with Crippen LogP contribution in [0.5, 0.6) is 0 Å². The Morgan fingerprint density at radius 3 is 3.00 bits per heavy atom. The summed E-state index contributed by atoms with van der Waals surface area (Å²) in [5.74, 6) is -0.222. The van der Waals surface area contributed by atoms with Crippen LogP contribution < -0.4 is 5.32 Å². The summed E-state index contributed by atoms with van der Waals surface area (Å²) < 4.78 is 14.2. The molecule has 0 aliphatic carbocycles. The highest BCUT2D eigenvalue weighted by Gasteiger charge is 2.11. The molecule has 0 spiro atoms. The van der Waals surface area contributed by atoms with Crippen molar-refractivity contribution in [1.29, 1.82) is 0 Å². The van der Waals surface area contributed by atoms with Crippen LogP contribution in [0.25, 0.3) is 0 Å². The molecular formula is C11H10BrFN4O. The molecule has 0 saturated carbocycles. The van der Waals surface area contributed by atoms with Gasteiger partial charge in [-0.3, -0.25) is 9.89 Å². The highest BCUT2D eigenvalue weighted by molar-refractivity contribution is 9.10. The van der Waals surface area contributed by atoms with Gasteiger partial charge in [-0.15, -0.1) is 5.10 Å². The summed E-state index contributed by atoms with van der Waals surface area (Å²) in [7, 11) is 0. The first-order valence-electron chi connectivity index (χ1n) is 5.17. The van der Waals surface area contributed by atoms with Crippen LogP contribution in [0.15, 0.2) is 22.7 Å². The number of H-pyrrole nitrogens is 1. The fourth-order valence-corrected chi connectivity index (χ4v) is 1.79. The molecule has 1 amide bonds. The highest BCUT2D eigenvalue weighted by Crippen LogP contribution is 2.15. The maximum atomic E-state index is 13.4. The number of hydrogen-bond acceptors (Lipinski definition) is 3. The Kier molecular flexibility index (Phi) is 3.71. The minimum atomic E-state index is -0.446. The van der Waals surface area contributed by atoms with Gasteiger partial charge in [-0.1, -0.05) is 15.9 Å². The molecule has 2 aromatic rings.